The van der Waals surface area contributed by atoms with Crippen molar-refractivity contribution in [2.75, 3.05) is 0 Å². The van der Waals surface area contributed by atoms with Crippen molar-refractivity contribution in [3.05, 3.63) is 59.7 Å². The third-order valence-electron chi connectivity index (χ3n) is 3.12. The van der Waals surface area contributed by atoms with E-state index in [0.29, 0.717) is 5.92 Å². The SMILES string of the molecule is C1=CC2Cc3ccccc3C2C=C1. The lowest BCUT2D eigenvalue weighted by atomic mass is 9.89. The zero-order chi connectivity index (χ0) is 8.67. The van der Waals surface area contributed by atoms with Crippen LogP contribution in [0.25, 0.3) is 0 Å². The number of allylic oxidation sites excluding steroid dienone is 4. The van der Waals surface area contributed by atoms with E-state index in [-0.39, 0.29) is 0 Å². The Hall–Kier alpha value is -1.30. The highest BCUT2D eigenvalue weighted by molar-refractivity contribution is 5.42. The van der Waals surface area contributed by atoms with Crippen LogP contribution in [-0.2, 0) is 6.42 Å². The van der Waals surface area contributed by atoms with Gasteiger partial charge in [0.2, 0.25) is 0 Å². The molecule has 0 nitrogen and oxygen atoms in total. The summed E-state index contributed by atoms with van der Waals surface area (Å²) in [7, 11) is 0. The van der Waals surface area contributed by atoms with Crippen LogP contribution in [0.1, 0.15) is 17.0 Å². The molecule has 1 aromatic rings. The standard InChI is InChI=1S/C13H12/c1-3-7-12-10(5-1)9-11-6-2-4-8-13(11)12/h1-8,10,12H,9H2. The Morgan fingerprint density at radius 1 is 1.00 bits per heavy atom. The average molecular weight is 168 g/mol. The molecule has 0 bridgehead atoms. The smallest absolute Gasteiger partial charge is 0.00899 e. The van der Waals surface area contributed by atoms with Crippen LogP contribution in [-0.4, -0.2) is 0 Å². The number of rotatable bonds is 0. The Bertz CT molecular complexity index is 385. The first-order valence-corrected chi connectivity index (χ1v) is 4.88. The van der Waals surface area contributed by atoms with E-state index in [4.69, 9.17) is 0 Å². The first kappa shape index (κ1) is 7.14. The van der Waals surface area contributed by atoms with E-state index < -0.39 is 0 Å². The lowest BCUT2D eigenvalue weighted by molar-refractivity contribution is 0.630. The fraction of sp³-hybridized carbons (Fsp3) is 0.231. The molecule has 0 heteroatoms. The fourth-order valence-corrected chi connectivity index (χ4v) is 2.48. The molecule has 1 aromatic carbocycles. The molecule has 0 amide bonds. The zero-order valence-corrected chi connectivity index (χ0v) is 7.48. The van der Waals surface area contributed by atoms with Crippen LogP contribution < -0.4 is 0 Å². The number of fused-ring (bicyclic) bond motifs is 3. The van der Waals surface area contributed by atoms with Crippen LogP contribution in [0.15, 0.2) is 48.6 Å². The zero-order valence-electron chi connectivity index (χ0n) is 7.48. The van der Waals surface area contributed by atoms with Gasteiger partial charge in [-0.3, -0.25) is 0 Å². The van der Waals surface area contributed by atoms with Gasteiger partial charge in [-0.2, -0.15) is 0 Å². The van der Waals surface area contributed by atoms with Gasteiger partial charge in [-0.15, -0.1) is 0 Å². The summed E-state index contributed by atoms with van der Waals surface area (Å²) in [6.07, 6.45) is 10.2. The molecule has 0 aromatic heterocycles. The van der Waals surface area contributed by atoms with Gasteiger partial charge in [0.15, 0.2) is 0 Å². The van der Waals surface area contributed by atoms with E-state index in [9.17, 15) is 0 Å². The van der Waals surface area contributed by atoms with Crippen LogP contribution in [0.4, 0.5) is 0 Å². The molecule has 0 radical (unpaired) electrons. The minimum Gasteiger partial charge on any atom is -0.0802 e. The Morgan fingerprint density at radius 3 is 2.85 bits per heavy atom. The molecular formula is C13H12. The van der Waals surface area contributed by atoms with Crippen LogP contribution >= 0.6 is 0 Å². The van der Waals surface area contributed by atoms with Gasteiger partial charge in [-0.1, -0.05) is 48.6 Å². The Morgan fingerprint density at radius 2 is 1.85 bits per heavy atom. The molecule has 0 N–H and O–H groups in total. The third-order valence-corrected chi connectivity index (χ3v) is 3.12. The average Bonchev–Trinajstić information content (AvgIpc) is 2.56. The normalized spacial score (nSPS) is 28.6. The molecule has 2 aliphatic carbocycles. The predicted octanol–water partition coefficient (Wildman–Crippen LogP) is 3.07. The van der Waals surface area contributed by atoms with Crippen molar-refractivity contribution in [3.63, 3.8) is 0 Å². The Balaban J connectivity index is 2.12. The van der Waals surface area contributed by atoms with Gasteiger partial charge in [-0.25, -0.2) is 0 Å². The van der Waals surface area contributed by atoms with Gasteiger partial charge in [-0.05, 0) is 23.5 Å². The Kier molecular flexibility index (Phi) is 1.42. The van der Waals surface area contributed by atoms with Gasteiger partial charge in [0.05, 0.1) is 0 Å². The predicted molar refractivity (Wildman–Crippen MR) is 54.7 cm³/mol. The molecular weight excluding hydrogens is 156 g/mol. The van der Waals surface area contributed by atoms with Crippen LogP contribution in [0, 0.1) is 5.92 Å². The van der Waals surface area contributed by atoms with Crippen LogP contribution in [0.5, 0.6) is 0 Å². The Labute approximate surface area is 78.6 Å². The minimum absolute atomic E-state index is 0.654. The van der Waals surface area contributed by atoms with Crippen LogP contribution in [0.2, 0.25) is 0 Å². The molecule has 13 heavy (non-hydrogen) atoms. The van der Waals surface area contributed by atoms with Gasteiger partial charge in [0.25, 0.3) is 0 Å². The van der Waals surface area contributed by atoms with E-state index in [1.165, 1.54) is 17.5 Å². The molecule has 0 aliphatic heterocycles. The van der Waals surface area contributed by atoms with Crippen molar-refractivity contribution in [1.29, 1.82) is 0 Å². The van der Waals surface area contributed by atoms with E-state index in [2.05, 4.69) is 48.6 Å². The van der Waals surface area contributed by atoms with Crippen molar-refractivity contribution in [3.8, 4) is 0 Å². The lowest BCUT2D eigenvalue weighted by Gasteiger charge is -2.15. The molecule has 0 saturated carbocycles. The molecule has 0 spiro atoms. The first-order valence-electron chi connectivity index (χ1n) is 4.88. The summed E-state index contributed by atoms with van der Waals surface area (Å²) in [4.78, 5) is 0. The number of benzene rings is 1. The quantitative estimate of drug-likeness (QED) is 0.558. The van der Waals surface area contributed by atoms with Gasteiger partial charge >= 0.3 is 0 Å². The minimum atomic E-state index is 0.654. The molecule has 0 fully saturated rings. The van der Waals surface area contributed by atoms with Crippen molar-refractivity contribution < 1.29 is 0 Å². The number of hydrogen-bond donors (Lipinski definition) is 0. The molecule has 0 saturated heterocycles. The van der Waals surface area contributed by atoms with E-state index in [1.54, 1.807) is 0 Å². The molecule has 3 rings (SSSR count). The molecule has 64 valence electrons. The second-order valence-electron chi connectivity index (χ2n) is 3.86. The van der Waals surface area contributed by atoms with E-state index >= 15 is 0 Å². The highest BCUT2D eigenvalue weighted by Gasteiger charge is 2.29. The van der Waals surface area contributed by atoms with Gasteiger partial charge in [0.1, 0.15) is 0 Å². The third kappa shape index (κ3) is 0.983. The topological polar surface area (TPSA) is 0 Å². The van der Waals surface area contributed by atoms with Crippen molar-refractivity contribution in [1.82, 2.24) is 0 Å². The highest BCUT2D eigenvalue weighted by atomic mass is 14.3. The highest BCUT2D eigenvalue weighted by Crippen LogP contribution is 2.40. The maximum Gasteiger partial charge on any atom is 0.00899 e. The maximum absolute atomic E-state index is 2.34. The molecule has 2 aliphatic rings. The second-order valence-corrected chi connectivity index (χ2v) is 3.86. The summed E-state index contributed by atoms with van der Waals surface area (Å²) < 4.78 is 0. The van der Waals surface area contributed by atoms with Gasteiger partial charge < -0.3 is 0 Å². The van der Waals surface area contributed by atoms with Crippen molar-refractivity contribution >= 4 is 0 Å². The summed E-state index contributed by atoms with van der Waals surface area (Å²) in [5, 5.41) is 0. The van der Waals surface area contributed by atoms with Crippen LogP contribution in [0.3, 0.4) is 0 Å². The molecule has 2 unspecified atom stereocenters. The van der Waals surface area contributed by atoms with Crippen molar-refractivity contribution in [2.24, 2.45) is 5.92 Å². The summed E-state index contributed by atoms with van der Waals surface area (Å²) in [5.41, 5.74) is 3.07. The van der Waals surface area contributed by atoms with E-state index in [1.807, 2.05) is 0 Å². The molecule has 0 heterocycles. The van der Waals surface area contributed by atoms with Crippen molar-refractivity contribution in [2.45, 2.75) is 12.3 Å². The van der Waals surface area contributed by atoms with Gasteiger partial charge in [0, 0.05) is 5.92 Å². The maximum atomic E-state index is 2.34. The fourth-order valence-electron chi connectivity index (χ4n) is 2.48. The van der Waals surface area contributed by atoms with E-state index in [0.717, 1.165) is 5.92 Å². The summed E-state index contributed by atoms with van der Waals surface area (Å²) in [5.74, 6) is 1.38. The second kappa shape index (κ2) is 2.59. The summed E-state index contributed by atoms with van der Waals surface area (Å²) >= 11 is 0. The monoisotopic (exact) mass is 168 g/mol. The summed E-state index contributed by atoms with van der Waals surface area (Å²) in [6.45, 7) is 0. The molecule has 2 atom stereocenters. The summed E-state index contributed by atoms with van der Waals surface area (Å²) in [6, 6.07) is 8.82. The lowest BCUT2D eigenvalue weighted by Crippen LogP contribution is -2.03. The number of hydrogen-bond acceptors (Lipinski definition) is 0. The first-order chi connectivity index (χ1) is 6.45. The largest absolute Gasteiger partial charge is 0.0802 e.